The van der Waals surface area contributed by atoms with Crippen LogP contribution in [-0.2, 0) is 0 Å². The van der Waals surface area contributed by atoms with Crippen molar-refractivity contribution in [2.75, 3.05) is 6.61 Å². The molecule has 0 aliphatic carbocycles. The fourth-order valence-corrected chi connectivity index (χ4v) is 4.11. The number of hydrogen-bond donors (Lipinski definition) is 0. The summed E-state index contributed by atoms with van der Waals surface area (Å²) in [5, 5.41) is 7.14. The third-order valence-electron chi connectivity index (χ3n) is 5.60. The number of benzene rings is 4. The van der Waals surface area contributed by atoms with E-state index >= 15 is 0 Å². The van der Waals surface area contributed by atoms with Gasteiger partial charge in [0.25, 0.3) is 0 Å². The lowest BCUT2D eigenvalue weighted by Crippen LogP contribution is -1.97. The van der Waals surface area contributed by atoms with E-state index in [0.717, 1.165) is 35.3 Å². The number of furan rings is 1. The lowest BCUT2D eigenvalue weighted by Gasteiger charge is -2.09. The van der Waals surface area contributed by atoms with Crippen LogP contribution >= 0.6 is 0 Å². The SMILES string of the molecule is CCCCCCOc1ccc2ccc3c(ccc4c5ccccc5oc43)c2c1. The molecule has 4 aromatic carbocycles. The van der Waals surface area contributed by atoms with Crippen molar-refractivity contribution in [3.63, 3.8) is 0 Å². The summed E-state index contributed by atoms with van der Waals surface area (Å²) < 4.78 is 12.2. The van der Waals surface area contributed by atoms with Gasteiger partial charge in [0.1, 0.15) is 16.9 Å². The summed E-state index contributed by atoms with van der Waals surface area (Å²) in [6.07, 6.45) is 4.87. The third kappa shape index (κ3) is 2.90. The Morgan fingerprint density at radius 2 is 1.50 bits per heavy atom. The molecule has 0 atom stereocenters. The van der Waals surface area contributed by atoms with E-state index in [9.17, 15) is 0 Å². The first kappa shape index (κ1) is 17.1. The molecule has 0 saturated heterocycles. The van der Waals surface area contributed by atoms with E-state index in [0.29, 0.717) is 0 Å². The van der Waals surface area contributed by atoms with E-state index in [2.05, 4.69) is 61.5 Å². The molecule has 0 unspecified atom stereocenters. The Labute approximate surface area is 164 Å². The molecule has 0 fully saturated rings. The largest absolute Gasteiger partial charge is 0.494 e. The summed E-state index contributed by atoms with van der Waals surface area (Å²) in [4.78, 5) is 0. The molecule has 1 heterocycles. The van der Waals surface area contributed by atoms with E-state index < -0.39 is 0 Å². The van der Waals surface area contributed by atoms with Crippen LogP contribution in [0.25, 0.3) is 43.5 Å². The predicted octanol–water partition coefficient (Wildman–Crippen LogP) is 7.85. The predicted molar refractivity (Wildman–Crippen MR) is 118 cm³/mol. The standard InChI is InChI=1S/C26H24O2/c1-2-3-4-7-16-27-19-12-10-18-11-13-22-20(24(18)17-19)14-15-23-21-8-5-6-9-25(21)28-26(22)23/h5-6,8-15,17H,2-4,7,16H2,1H3. The molecule has 5 rings (SSSR count). The Balaban J connectivity index is 1.59. The van der Waals surface area contributed by atoms with Gasteiger partial charge in [-0.05, 0) is 52.9 Å². The van der Waals surface area contributed by atoms with Gasteiger partial charge in [0, 0.05) is 16.2 Å². The van der Waals surface area contributed by atoms with Gasteiger partial charge in [-0.25, -0.2) is 0 Å². The fourth-order valence-electron chi connectivity index (χ4n) is 4.11. The molecular formula is C26H24O2. The molecule has 0 bridgehead atoms. The van der Waals surface area contributed by atoms with Crippen molar-refractivity contribution in [1.29, 1.82) is 0 Å². The van der Waals surface area contributed by atoms with Gasteiger partial charge in [0.2, 0.25) is 0 Å². The Hall–Kier alpha value is -3.00. The van der Waals surface area contributed by atoms with E-state index in [1.54, 1.807) is 0 Å². The van der Waals surface area contributed by atoms with Crippen LogP contribution in [0.5, 0.6) is 5.75 Å². The Morgan fingerprint density at radius 1 is 0.714 bits per heavy atom. The molecule has 140 valence electrons. The van der Waals surface area contributed by atoms with Crippen LogP contribution in [0, 0.1) is 0 Å². The van der Waals surface area contributed by atoms with E-state index in [1.165, 1.54) is 46.2 Å². The normalized spacial score (nSPS) is 11.8. The lowest BCUT2D eigenvalue weighted by molar-refractivity contribution is 0.305. The van der Waals surface area contributed by atoms with Crippen molar-refractivity contribution in [1.82, 2.24) is 0 Å². The summed E-state index contributed by atoms with van der Waals surface area (Å²) >= 11 is 0. The number of para-hydroxylation sites is 1. The zero-order chi connectivity index (χ0) is 18.9. The summed E-state index contributed by atoms with van der Waals surface area (Å²) in [5.74, 6) is 0.946. The molecule has 0 aliphatic heterocycles. The molecule has 2 heteroatoms. The Bertz CT molecular complexity index is 1280. The second kappa shape index (κ2) is 7.20. The van der Waals surface area contributed by atoms with Gasteiger partial charge in [0.05, 0.1) is 6.61 Å². The lowest BCUT2D eigenvalue weighted by atomic mass is 9.99. The molecule has 0 amide bonds. The van der Waals surface area contributed by atoms with Gasteiger partial charge in [-0.3, -0.25) is 0 Å². The highest BCUT2D eigenvalue weighted by atomic mass is 16.5. The van der Waals surface area contributed by atoms with Crippen LogP contribution < -0.4 is 4.74 Å². The third-order valence-corrected chi connectivity index (χ3v) is 5.60. The summed E-state index contributed by atoms with van der Waals surface area (Å²) in [6.45, 7) is 3.01. The highest BCUT2D eigenvalue weighted by Gasteiger charge is 2.11. The topological polar surface area (TPSA) is 22.4 Å². The minimum absolute atomic E-state index is 0.782. The summed E-state index contributed by atoms with van der Waals surface area (Å²) in [6, 6.07) is 23.4. The zero-order valence-electron chi connectivity index (χ0n) is 16.2. The second-order valence-electron chi connectivity index (χ2n) is 7.49. The molecule has 0 N–H and O–H groups in total. The maximum absolute atomic E-state index is 6.22. The number of unbranched alkanes of at least 4 members (excludes halogenated alkanes) is 3. The molecule has 1 aromatic heterocycles. The van der Waals surface area contributed by atoms with Crippen LogP contribution in [0.2, 0.25) is 0 Å². The minimum Gasteiger partial charge on any atom is -0.494 e. The average Bonchev–Trinajstić information content (AvgIpc) is 3.12. The quantitative estimate of drug-likeness (QED) is 0.225. The van der Waals surface area contributed by atoms with Gasteiger partial charge in [-0.15, -0.1) is 0 Å². The second-order valence-corrected chi connectivity index (χ2v) is 7.49. The van der Waals surface area contributed by atoms with Crippen molar-refractivity contribution in [3.05, 3.63) is 66.7 Å². The summed E-state index contributed by atoms with van der Waals surface area (Å²) in [7, 11) is 0. The van der Waals surface area contributed by atoms with Gasteiger partial charge >= 0.3 is 0 Å². The van der Waals surface area contributed by atoms with Crippen molar-refractivity contribution >= 4 is 43.5 Å². The average molecular weight is 368 g/mol. The molecule has 2 nitrogen and oxygen atoms in total. The van der Waals surface area contributed by atoms with Gasteiger partial charge in [0.15, 0.2) is 0 Å². The first-order valence-electron chi connectivity index (χ1n) is 10.2. The number of ether oxygens (including phenoxy) is 1. The Kier molecular flexibility index (Phi) is 4.40. The first-order chi connectivity index (χ1) is 13.8. The van der Waals surface area contributed by atoms with E-state index in [-0.39, 0.29) is 0 Å². The molecule has 0 saturated carbocycles. The van der Waals surface area contributed by atoms with E-state index in [1.807, 2.05) is 12.1 Å². The van der Waals surface area contributed by atoms with Gasteiger partial charge in [-0.1, -0.05) is 62.6 Å². The van der Waals surface area contributed by atoms with Crippen molar-refractivity contribution < 1.29 is 9.15 Å². The van der Waals surface area contributed by atoms with Gasteiger partial charge in [-0.2, -0.15) is 0 Å². The van der Waals surface area contributed by atoms with Crippen molar-refractivity contribution in [2.45, 2.75) is 32.6 Å². The fraction of sp³-hybridized carbons (Fsp3) is 0.231. The Morgan fingerprint density at radius 3 is 2.43 bits per heavy atom. The highest BCUT2D eigenvalue weighted by molar-refractivity contribution is 6.20. The molecule has 0 radical (unpaired) electrons. The van der Waals surface area contributed by atoms with Crippen molar-refractivity contribution in [2.24, 2.45) is 0 Å². The van der Waals surface area contributed by atoms with Crippen molar-refractivity contribution in [3.8, 4) is 5.75 Å². The van der Waals surface area contributed by atoms with Crippen LogP contribution in [0.4, 0.5) is 0 Å². The zero-order valence-corrected chi connectivity index (χ0v) is 16.2. The van der Waals surface area contributed by atoms with Crippen LogP contribution in [0.3, 0.4) is 0 Å². The van der Waals surface area contributed by atoms with Crippen LogP contribution in [0.1, 0.15) is 32.6 Å². The molecular weight excluding hydrogens is 344 g/mol. The maximum Gasteiger partial charge on any atom is 0.143 e. The minimum atomic E-state index is 0.782. The number of rotatable bonds is 6. The highest BCUT2D eigenvalue weighted by Crippen LogP contribution is 2.37. The first-order valence-corrected chi connectivity index (χ1v) is 10.2. The van der Waals surface area contributed by atoms with Crippen LogP contribution in [0.15, 0.2) is 71.1 Å². The smallest absolute Gasteiger partial charge is 0.143 e. The number of fused-ring (bicyclic) bond motifs is 7. The van der Waals surface area contributed by atoms with E-state index in [4.69, 9.17) is 9.15 Å². The number of hydrogen-bond acceptors (Lipinski definition) is 2. The molecule has 0 aliphatic rings. The summed E-state index contributed by atoms with van der Waals surface area (Å²) in [5.41, 5.74) is 1.90. The molecule has 0 spiro atoms. The monoisotopic (exact) mass is 368 g/mol. The maximum atomic E-state index is 6.22. The van der Waals surface area contributed by atoms with Gasteiger partial charge < -0.3 is 9.15 Å². The molecule has 28 heavy (non-hydrogen) atoms. The van der Waals surface area contributed by atoms with Crippen LogP contribution in [-0.4, -0.2) is 6.61 Å². The molecule has 5 aromatic rings.